The van der Waals surface area contributed by atoms with Crippen molar-refractivity contribution in [2.24, 2.45) is 5.92 Å². The van der Waals surface area contributed by atoms with E-state index in [1.807, 2.05) is 6.92 Å². The van der Waals surface area contributed by atoms with Crippen LogP contribution >= 0.6 is 0 Å². The number of ether oxygens (including phenoxy) is 1. The summed E-state index contributed by atoms with van der Waals surface area (Å²) in [6.45, 7) is 3.42. The van der Waals surface area contributed by atoms with E-state index < -0.39 is 17.5 Å². The Balaban J connectivity index is 2.01. The van der Waals surface area contributed by atoms with E-state index in [1.165, 1.54) is 0 Å². The molecule has 0 bridgehead atoms. The van der Waals surface area contributed by atoms with Crippen LogP contribution in [0.5, 0.6) is 0 Å². The van der Waals surface area contributed by atoms with Gasteiger partial charge in [-0.1, -0.05) is 0 Å². The van der Waals surface area contributed by atoms with Crippen LogP contribution in [0.3, 0.4) is 0 Å². The third-order valence-corrected chi connectivity index (χ3v) is 3.73. The Kier molecular flexibility index (Phi) is 3.38. The lowest BCUT2D eigenvalue weighted by Gasteiger charge is -2.35. The van der Waals surface area contributed by atoms with Crippen molar-refractivity contribution in [1.29, 1.82) is 0 Å². The van der Waals surface area contributed by atoms with Gasteiger partial charge in [0, 0.05) is 19.7 Å². The molecule has 0 spiro atoms. The molecule has 0 aromatic heterocycles. The minimum absolute atomic E-state index is 0.0408. The highest BCUT2D eigenvalue weighted by Crippen LogP contribution is 2.29. The first kappa shape index (κ1) is 12.4. The third kappa shape index (κ3) is 2.44. The molecule has 1 amide bonds. The largest absolute Gasteiger partial charge is 0.481 e. The molecule has 2 rings (SSSR count). The molecule has 17 heavy (non-hydrogen) atoms. The Morgan fingerprint density at radius 1 is 1.41 bits per heavy atom. The Hall–Kier alpha value is -1.10. The number of amides is 1. The summed E-state index contributed by atoms with van der Waals surface area (Å²) in [5.74, 6) is -1.27. The fourth-order valence-corrected chi connectivity index (χ4v) is 2.65. The fourth-order valence-electron chi connectivity index (χ4n) is 2.65. The highest BCUT2D eigenvalue weighted by Gasteiger charge is 2.42. The van der Waals surface area contributed by atoms with Crippen molar-refractivity contribution in [3.63, 3.8) is 0 Å². The van der Waals surface area contributed by atoms with Crippen LogP contribution in [0, 0.1) is 5.92 Å². The molecule has 2 aliphatic heterocycles. The number of rotatable bonds is 2. The van der Waals surface area contributed by atoms with Crippen LogP contribution in [0.2, 0.25) is 0 Å². The second-order valence-electron chi connectivity index (χ2n) is 5.11. The second-order valence-corrected chi connectivity index (χ2v) is 5.11. The van der Waals surface area contributed by atoms with Crippen molar-refractivity contribution in [3.05, 3.63) is 0 Å². The van der Waals surface area contributed by atoms with E-state index in [1.54, 1.807) is 4.90 Å². The second kappa shape index (κ2) is 4.64. The number of carboxylic acid groups (broad SMARTS) is 1. The maximum Gasteiger partial charge on any atom is 0.308 e. The number of carbonyl (C=O) groups excluding carboxylic acids is 1. The molecule has 1 N–H and O–H groups in total. The SMILES string of the molecule is CC1(C(=O)N2CCC[C@@H](C(=O)O)C2)CCCO1. The summed E-state index contributed by atoms with van der Waals surface area (Å²) in [7, 11) is 0. The third-order valence-electron chi connectivity index (χ3n) is 3.73. The first-order chi connectivity index (χ1) is 8.03. The molecule has 0 saturated carbocycles. The van der Waals surface area contributed by atoms with Gasteiger partial charge in [0.1, 0.15) is 5.60 Å². The lowest BCUT2D eigenvalue weighted by Crippen LogP contribution is -2.51. The van der Waals surface area contributed by atoms with E-state index in [0.717, 1.165) is 19.3 Å². The zero-order chi connectivity index (χ0) is 12.5. The van der Waals surface area contributed by atoms with Crippen LogP contribution in [-0.4, -0.2) is 47.2 Å². The number of hydrogen-bond acceptors (Lipinski definition) is 3. The first-order valence-electron chi connectivity index (χ1n) is 6.19. The average molecular weight is 241 g/mol. The van der Waals surface area contributed by atoms with Gasteiger partial charge in [0.15, 0.2) is 0 Å². The van der Waals surface area contributed by atoms with Crippen LogP contribution in [0.4, 0.5) is 0 Å². The van der Waals surface area contributed by atoms with E-state index in [0.29, 0.717) is 26.1 Å². The lowest BCUT2D eigenvalue weighted by molar-refractivity contribution is -0.155. The molecule has 1 unspecified atom stereocenters. The van der Waals surface area contributed by atoms with Gasteiger partial charge in [-0.05, 0) is 32.6 Å². The molecular weight excluding hydrogens is 222 g/mol. The average Bonchev–Trinajstić information content (AvgIpc) is 2.76. The summed E-state index contributed by atoms with van der Waals surface area (Å²) in [6.07, 6.45) is 3.06. The fraction of sp³-hybridized carbons (Fsp3) is 0.833. The molecule has 5 heteroatoms. The zero-order valence-electron chi connectivity index (χ0n) is 10.1. The molecule has 0 aromatic rings. The summed E-state index contributed by atoms with van der Waals surface area (Å²) in [5, 5.41) is 9.00. The predicted octanol–water partition coefficient (Wildman–Crippen LogP) is 0.879. The first-order valence-corrected chi connectivity index (χ1v) is 6.19. The zero-order valence-corrected chi connectivity index (χ0v) is 10.1. The number of aliphatic carboxylic acids is 1. The van der Waals surface area contributed by atoms with Gasteiger partial charge in [-0.25, -0.2) is 0 Å². The van der Waals surface area contributed by atoms with Gasteiger partial charge in [0.25, 0.3) is 5.91 Å². The Morgan fingerprint density at radius 2 is 2.18 bits per heavy atom. The van der Waals surface area contributed by atoms with Crippen molar-refractivity contribution >= 4 is 11.9 Å². The van der Waals surface area contributed by atoms with E-state index in [-0.39, 0.29) is 5.91 Å². The minimum atomic E-state index is -0.806. The summed E-state index contributed by atoms with van der Waals surface area (Å²) < 4.78 is 5.51. The van der Waals surface area contributed by atoms with Crippen LogP contribution in [-0.2, 0) is 14.3 Å². The van der Waals surface area contributed by atoms with Crippen LogP contribution in [0.25, 0.3) is 0 Å². The Labute approximate surface area is 101 Å². The standard InChI is InChI=1S/C12H19NO4/c1-12(5-3-7-17-12)11(16)13-6-2-4-9(8-13)10(14)15/h9H,2-8H2,1H3,(H,14,15)/t9-,12?/m1/s1. The molecular formula is C12H19NO4. The molecule has 0 aromatic carbocycles. The number of likely N-dealkylation sites (tertiary alicyclic amines) is 1. The van der Waals surface area contributed by atoms with E-state index in [2.05, 4.69) is 0 Å². The highest BCUT2D eigenvalue weighted by atomic mass is 16.5. The smallest absolute Gasteiger partial charge is 0.308 e. The van der Waals surface area contributed by atoms with Gasteiger partial charge in [0.2, 0.25) is 0 Å². The minimum Gasteiger partial charge on any atom is -0.481 e. The van der Waals surface area contributed by atoms with Gasteiger partial charge in [0.05, 0.1) is 5.92 Å². The maximum absolute atomic E-state index is 12.3. The van der Waals surface area contributed by atoms with E-state index in [9.17, 15) is 9.59 Å². The Bertz CT molecular complexity index is 322. The van der Waals surface area contributed by atoms with Crippen molar-refractivity contribution in [2.75, 3.05) is 19.7 Å². The van der Waals surface area contributed by atoms with Crippen molar-refractivity contribution in [3.8, 4) is 0 Å². The number of nitrogens with zero attached hydrogens (tertiary/aromatic N) is 1. The summed E-state index contributed by atoms with van der Waals surface area (Å²) >= 11 is 0. The van der Waals surface area contributed by atoms with Gasteiger partial charge in [-0.15, -0.1) is 0 Å². The number of carbonyl (C=O) groups is 2. The summed E-state index contributed by atoms with van der Waals surface area (Å²) in [5.41, 5.74) is -0.722. The van der Waals surface area contributed by atoms with Gasteiger partial charge >= 0.3 is 5.97 Å². The van der Waals surface area contributed by atoms with Crippen molar-refractivity contribution < 1.29 is 19.4 Å². The van der Waals surface area contributed by atoms with Crippen molar-refractivity contribution in [2.45, 2.75) is 38.2 Å². The molecule has 96 valence electrons. The maximum atomic E-state index is 12.3. The van der Waals surface area contributed by atoms with Gasteiger partial charge in [-0.3, -0.25) is 9.59 Å². The molecule has 2 fully saturated rings. The number of hydrogen-bond donors (Lipinski definition) is 1. The quantitative estimate of drug-likeness (QED) is 0.779. The van der Waals surface area contributed by atoms with Crippen LogP contribution < -0.4 is 0 Å². The topological polar surface area (TPSA) is 66.8 Å². The summed E-state index contributed by atoms with van der Waals surface area (Å²) in [4.78, 5) is 24.9. The monoisotopic (exact) mass is 241 g/mol. The van der Waals surface area contributed by atoms with E-state index in [4.69, 9.17) is 9.84 Å². The van der Waals surface area contributed by atoms with Crippen LogP contribution in [0.15, 0.2) is 0 Å². The van der Waals surface area contributed by atoms with Crippen molar-refractivity contribution in [1.82, 2.24) is 4.90 Å². The highest BCUT2D eigenvalue weighted by molar-refractivity contribution is 5.85. The molecule has 5 nitrogen and oxygen atoms in total. The molecule has 2 heterocycles. The number of piperidine rings is 1. The van der Waals surface area contributed by atoms with Gasteiger partial charge in [-0.2, -0.15) is 0 Å². The molecule has 2 aliphatic rings. The Morgan fingerprint density at radius 3 is 2.76 bits per heavy atom. The van der Waals surface area contributed by atoms with Crippen LogP contribution in [0.1, 0.15) is 32.6 Å². The number of carboxylic acids is 1. The molecule has 0 radical (unpaired) electrons. The lowest BCUT2D eigenvalue weighted by atomic mass is 9.94. The van der Waals surface area contributed by atoms with Gasteiger partial charge < -0.3 is 14.7 Å². The molecule has 2 saturated heterocycles. The normalized spacial score (nSPS) is 33.7. The predicted molar refractivity (Wildman–Crippen MR) is 60.5 cm³/mol. The molecule has 0 aliphatic carbocycles. The summed E-state index contributed by atoms with van der Waals surface area (Å²) in [6, 6.07) is 0. The molecule has 2 atom stereocenters. The van der Waals surface area contributed by atoms with E-state index >= 15 is 0 Å².